The Hall–Kier alpha value is -1.21. The van der Waals surface area contributed by atoms with E-state index in [1.807, 2.05) is 6.07 Å². The molecule has 4 nitrogen and oxygen atoms in total. The molecule has 4 aliphatic carbocycles. The lowest BCUT2D eigenvalue weighted by atomic mass is 9.53. The minimum absolute atomic E-state index is 0.132. The summed E-state index contributed by atoms with van der Waals surface area (Å²) in [7, 11) is 0. The van der Waals surface area contributed by atoms with Gasteiger partial charge in [0.05, 0.1) is 0 Å². The maximum Gasteiger partial charge on any atom is 0.263 e. The average molecular weight is 322 g/mol. The van der Waals surface area contributed by atoms with Gasteiger partial charge in [-0.15, -0.1) is 11.6 Å². The zero-order valence-electron chi connectivity index (χ0n) is 12.9. The smallest absolute Gasteiger partial charge is 0.263 e. The van der Waals surface area contributed by atoms with Crippen LogP contribution in [0.15, 0.2) is 11.8 Å². The molecule has 5 heteroatoms. The van der Waals surface area contributed by atoms with Gasteiger partial charge in [-0.2, -0.15) is 5.26 Å². The number of hydrogen-bond acceptors (Lipinski definition) is 3. The van der Waals surface area contributed by atoms with Crippen LogP contribution < -0.4 is 10.6 Å². The number of nitriles is 1. The molecular weight excluding hydrogens is 298 g/mol. The lowest BCUT2D eigenvalue weighted by Crippen LogP contribution is -2.57. The fraction of sp³-hybridized carbons (Fsp3) is 0.765. The molecule has 2 N–H and O–H groups in total. The van der Waals surface area contributed by atoms with Crippen molar-refractivity contribution >= 4 is 17.5 Å². The minimum Gasteiger partial charge on any atom is -0.384 e. The summed E-state index contributed by atoms with van der Waals surface area (Å²) in [6.45, 7) is 0.513. The van der Waals surface area contributed by atoms with E-state index in [0.29, 0.717) is 18.8 Å². The van der Waals surface area contributed by atoms with E-state index in [0.717, 1.165) is 17.8 Å². The molecule has 4 fully saturated rings. The van der Waals surface area contributed by atoms with E-state index in [4.69, 9.17) is 11.6 Å². The fourth-order valence-electron chi connectivity index (χ4n) is 5.03. The molecule has 4 aliphatic rings. The predicted octanol–water partition coefficient (Wildman–Crippen LogP) is 2.70. The third-order valence-corrected chi connectivity index (χ3v) is 5.79. The number of halogens is 1. The van der Waals surface area contributed by atoms with Gasteiger partial charge >= 0.3 is 0 Å². The molecule has 0 unspecified atom stereocenters. The zero-order valence-corrected chi connectivity index (χ0v) is 13.7. The first-order valence-electron chi connectivity index (χ1n) is 8.36. The highest BCUT2D eigenvalue weighted by molar-refractivity contribution is 6.17. The number of carbonyl (C=O) groups excluding carboxylic acids is 1. The van der Waals surface area contributed by atoms with Gasteiger partial charge in [0.1, 0.15) is 11.6 Å². The second-order valence-corrected chi connectivity index (χ2v) is 7.69. The second-order valence-electron chi connectivity index (χ2n) is 7.31. The maximum atomic E-state index is 12.0. The van der Waals surface area contributed by atoms with E-state index < -0.39 is 0 Å². The van der Waals surface area contributed by atoms with Crippen LogP contribution in [0.1, 0.15) is 44.9 Å². The van der Waals surface area contributed by atoms with E-state index in [1.54, 1.807) is 6.20 Å². The number of rotatable bonds is 6. The summed E-state index contributed by atoms with van der Waals surface area (Å²) in [6, 6.07) is 2.01. The van der Waals surface area contributed by atoms with Crippen molar-refractivity contribution in [3.8, 4) is 6.07 Å². The van der Waals surface area contributed by atoms with Crippen molar-refractivity contribution in [3.63, 3.8) is 0 Å². The molecule has 0 spiro atoms. The standard InChI is InChI=1S/C17H24ClN3O/c18-2-1-3-20-16(22)15(10-19)11-21-17-7-12-4-13(8-17)6-14(5-12)9-17/h11-14,21H,1-9H2,(H,20,22)/b15-11-. The topological polar surface area (TPSA) is 64.9 Å². The molecule has 4 rings (SSSR count). The highest BCUT2D eigenvalue weighted by Gasteiger charge is 2.50. The van der Waals surface area contributed by atoms with Gasteiger partial charge in [0, 0.05) is 24.2 Å². The second kappa shape index (κ2) is 6.50. The van der Waals surface area contributed by atoms with E-state index in [9.17, 15) is 10.1 Å². The molecular formula is C17H24ClN3O. The Morgan fingerprint density at radius 3 is 2.32 bits per heavy atom. The molecule has 120 valence electrons. The molecule has 4 saturated carbocycles. The summed E-state index contributed by atoms with van der Waals surface area (Å²) >= 11 is 5.59. The van der Waals surface area contributed by atoms with Crippen molar-refractivity contribution in [2.24, 2.45) is 17.8 Å². The van der Waals surface area contributed by atoms with E-state index >= 15 is 0 Å². The van der Waals surface area contributed by atoms with Crippen molar-refractivity contribution in [1.82, 2.24) is 10.6 Å². The van der Waals surface area contributed by atoms with Crippen LogP contribution in [-0.2, 0) is 4.79 Å². The largest absolute Gasteiger partial charge is 0.384 e. The van der Waals surface area contributed by atoms with Gasteiger partial charge in [-0.05, 0) is 62.7 Å². The number of carbonyl (C=O) groups is 1. The normalized spacial score (nSPS) is 36.0. The Morgan fingerprint density at radius 2 is 1.82 bits per heavy atom. The van der Waals surface area contributed by atoms with Crippen LogP contribution in [0.2, 0.25) is 0 Å². The molecule has 0 heterocycles. The van der Waals surface area contributed by atoms with Crippen molar-refractivity contribution in [2.75, 3.05) is 12.4 Å². The summed E-state index contributed by atoms with van der Waals surface area (Å²) in [6.07, 6.45) is 10.1. The first-order chi connectivity index (χ1) is 10.6. The molecule has 0 radical (unpaired) electrons. The number of nitrogens with zero attached hydrogens (tertiary/aromatic N) is 1. The van der Waals surface area contributed by atoms with Gasteiger partial charge in [0.2, 0.25) is 0 Å². The third-order valence-electron chi connectivity index (χ3n) is 5.52. The van der Waals surface area contributed by atoms with Crippen molar-refractivity contribution in [3.05, 3.63) is 11.8 Å². The molecule has 0 aromatic rings. The van der Waals surface area contributed by atoms with Crippen molar-refractivity contribution in [2.45, 2.75) is 50.5 Å². The van der Waals surface area contributed by atoms with Gasteiger partial charge in [-0.3, -0.25) is 4.79 Å². The van der Waals surface area contributed by atoms with Crippen LogP contribution in [-0.4, -0.2) is 23.9 Å². The van der Waals surface area contributed by atoms with Crippen LogP contribution in [0.3, 0.4) is 0 Å². The first kappa shape index (κ1) is 15.7. The molecule has 0 aromatic carbocycles. The number of amides is 1. The molecule has 1 amide bonds. The molecule has 0 aliphatic heterocycles. The molecule has 0 atom stereocenters. The monoisotopic (exact) mass is 321 g/mol. The Bertz CT molecular complexity index is 473. The van der Waals surface area contributed by atoms with Gasteiger partial charge in [0.15, 0.2) is 0 Å². The van der Waals surface area contributed by atoms with Crippen molar-refractivity contribution in [1.29, 1.82) is 5.26 Å². The van der Waals surface area contributed by atoms with Gasteiger partial charge < -0.3 is 10.6 Å². The van der Waals surface area contributed by atoms with Crippen LogP contribution >= 0.6 is 11.6 Å². The molecule has 0 aromatic heterocycles. The van der Waals surface area contributed by atoms with Crippen LogP contribution in [0.5, 0.6) is 0 Å². The summed E-state index contributed by atoms with van der Waals surface area (Å²) in [5.41, 5.74) is 0.304. The van der Waals surface area contributed by atoms with E-state index in [2.05, 4.69) is 10.6 Å². The summed E-state index contributed by atoms with van der Waals surface area (Å²) in [5.74, 6) is 2.74. The zero-order chi connectivity index (χ0) is 15.6. The van der Waals surface area contributed by atoms with Crippen LogP contribution in [0.25, 0.3) is 0 Å². The quantitative estimate of drug-likeness (QED) is 0.342. The summed E-state index contributed by atoms with van der Waals surface area (Å²) in [5, 5.41) is 15.4. The van der Waals surface area contributed by atoms with Crippen LogP contribution in [0, 0.1) is 29.1 Å². The third kappa shape index (κ3) is 3.25. The number of hydrogen-bond donors (Lipinski definition) is 2. The van der Waals surface area contributed by atoms with Gasteiger partial charge in [0.25, 0.3) is 5.91 Å². The van der Waals surface area contributed by atoms with E-state index in [-0.39, 0.29) is 17.0 Å². The fourth-order valence-corrected chi connectivity index (χ4v) is 5.16. The lowest BCUT2D eigenvalue weighted by molar-refractivity contribution is -0.117. The van der Waals surface area contributed by atoms with Crippen LogP contribution in [0.4, 0.5) is 0 Å². The average Bonchev–Trinajstić information content (AvgIpc) is 2.46. The molecule has 22 heavy (non-hydrogen) atoms. The summed E-state index contributed by atoms with van der Waals surface area (Å²) in [4.78, 5) is 12.0. The number of nitrogens with one attached hydrogen (secondary N) is 2. The SMILES string of the molecule is N#C/C(=C/NC12CC3CC(CC(C3)C1)C2)C(=O)NCCCCl. The Balaban J connectivity index is 1.62. The highest BCUT2D eigenvalue weighted by Crippen LogP contribution is 2.55. The maximum absolute atomic E-state index is 12.0. The predicted molar refractivity (Wildman–Crippen MR) is 86.1 cm³/mol. The minimum atomic E-state index is -0.301. The lowest BCUT2D eigenvalue weighted by Gasteiger charge is -2.56. The Kier molecular flexibility index (Phi) is 4.63. The Labute approximate surface area is 137 Å². The first-order valence-corrected chi connectivity index (χ1v) is 8.90. The van der Waals surface area contributed by atoms with E-state index in [1.165, 1.54) is 38.5 Å². The highest BCUT2D eigenvalue weighted by atomic mass is 35.5. The molecule has 4 bridgehead atoms. The van der Waals surface area contributed by atoms with Crippen molar-refractivity contribution < 1.29 is 4.79 Å². The number of alkyl halides is 1. The Morgan fingerprint density at radius 1 is 1.23 bits per heavy atom. The molecule has 0 saturated heterocycles. The summed E-state index contributed by atoms with van der Waals surface area (Å²) < 4.78 is 0. The van der Waals surface area contributed by atoms with Gasteiger partial charge in [-0.1, -0.05) is 0 Å². The van der Waals surface area contributed by atoms with Gasteiger partial charge in [-0.25, -0.2) is 0 Å².